The Kier molecular flexibility index (Phi) is 3.12. The molecular formula is C20H25NO5. The zero-order valence-electron chi connectivity index (χ0n) is 15.1. The molecule has 4 aliphatic carbocycles. The van der Waals surface area contributed by atoms with Gasteiger partial charge in [0.2, 0.25) is 0 Å². The minimum atomic E-state index is -0.975. The number of hydrogen-bond donors (Lipinski definition) is 4. The average molecular weight is 359 g/mol. The molecule has 6 nitrogen and oxygen atoms in total. The molecule has 0 aromatic heterocycles. The highest BCUT2D eigenvalue weighted by molar-refractivity contribution is 5.82. The van der Waals surface area contributed by atoms with E-state index in [2.05, 4.69) is 0 Å². The maximum absolute atomic E-state index is 12.2. The Balaban J connectivity index is 1.90. The fourth-order valence-electron chi connectivity index (χ4n) is 7.50. The van der Waals surface area contributed by atoms with Crippen molar-refractivity contribution in [2.75, 3.05) is 5.73 Å². The number of hydrogen-bond acceptors (Lipinski definition) is 4. The molecule has 0 aliphatic heterocycles. The van der Waals surface area contributed by atoms with Gasteiger partial charge in [0.25, 0.3) is 0 Å². The van der Waals surface area contributed by atoms with E-state index in [1.54, 1.807) is 12.1 Å². The van der Waals surface area contributed by atoms with Crippen molar-refractivity contribution in [3.8, 4) is 5.75 Å². The largest absolute Gasteiger partial charge is 0.506 e. The number of carbonyl (C=O) groups is 2. The van der Waals surface area contributed by atoms with Crippen LogP contribution in [0.3, 0.4) is 0 Å². The number of rotatable bonds is 3. The van der Waals surface area contributed by atoms with Crippen molar-refractivity contribution in [1.29, 1.82) is 0 Å². The van der Waals surface area contributed by atoms with Gasteiger partial charge in [0.05, 0.1) is 16.5 Å². The molecule has 0 radical (unpaired) electrons. The molecule has 0 unspecified atom stereocenters. The van der Waals surface area contributed by atoms with E-state index in [0.717, 1.165) is 5.56 Å². The summed E-state index contributed by atoms with van der Waals surface area (Å²) in [5.41, 5.74) is 4.34. The van der Waals surface area contributed by atoms with Gasteiger partial charge in [-0.05, 0) is 66.5 Å². The molecule has 5 rings (SSSR count). The number of phenols is 1. The summed E-state index contributed by atoms with van der Waals surface area (Å²) in [6.07, 6.45) is 2.13. The molecule has 0 atom stereocenters. The van der Waals surface area contributed by atoms with Gasteiger partial charge in [-0.25, -0.2) is 0 Å². The summed E-state index contributed by atoms with van der Waals surface area (Å²) in [5.74, 6) is -1.71. The van der Waals surface area contributed by atoms with Gasteiger partial charge in [-0.15, -0.1) is 0 Å². The lowest BCUT2D eigenvalue weighted by atomic mass is 9.32. The minimum absolute atomic E-state index is 0.0122. The maximum Gasteiger partial charge on any atom is 0.309 e. The van der Waals surface area contributed by atoms with E-state index in [1.807, 2.05) is 19.9 Å². The molecule has 26 heavy (non-hydrogen) atoms. The maximum atomic E-state index is 12.2. The highest BCUT2D eigenvalue weighted by Crippen LogP contribution is 2.78. The third-order valence-corrected chi connectivity index (χ3v) is 7.33. The fourth-order valence-corrected chi connectivity index (χ4v) is 7.50. The summed E-state index contributed by atoms with van der Waals surface area (Å²) in [4.78, 5) is 24.4. The Morgan fingerprint density at radius 1 is 0.962 bits per heavy atom. The number of aromatic hydroxyl groups is 1. The van der Waals surface area contributed by atoms with Crippen molar-refractivity contribution < 1.29 is 24.9 Å². The third kappa shape index (κ3) is 1.98. The van der Waals surface area contributed by atoms with E-state index in [-0.39, 0.29) is 18.1 Å². The van der Waals surface area contributed by atoms with Gasteiger partial charge in [0, 0.05) is 0 Å². The van der Waals surface area contributed by atoms with Crippen molar-refractivity contribution >= 4 is 17.6 Å². The van der Waals surface area contributed by atoms with Crippen LogP contribution in [0.1, 0.15) is 57.4 Å². The first-order valence-electron chi connectivity index (χ1n) is 9.01. The number of anilines is 1. The smallest absolute Gasteiger partial charge is 0.309 e. The van der Waals surface area contributed by atoms with Crippen molar-refractivity contribution in [3.05, 3.63) is 23.8 Å². The van der Waals surface area contributed by atoms with Crippen molar-refractivity contribution in [1.82, 2.24) is 0 Å². The van der Waals surface area contributed by atoms with Crippen LogP contribution in [-0.4, -0.2) is 27.3 Å². The van der Waals surface area contributed by atoms with E-state index >= 15 is 0 Å². The molecule has 5 N–H and O–H groups in total. The first kappa shape index (κ1) is 17.2. The standard InChI is InChI=1S/C20H25NO5/c1-17-6-19(15(23)24)8-18(2,9-20(7-17,10-19)16(25)26)14(17)11-3-4-13(22)12(21)5-11/h3-5,14,22H,6-10,21H2,1-2H3,(H,23,24)(H,25,26). The summed E-state index contributed by atoms with van der Waals surface area (Å²) in [6.45, 7) is 4.07. The molecule has 0 heterocycles. The number of nitrogens with two attached hydrogens (primary N) is 1. The van der Waals surface area contributed by atoms with E-state index in [1.165, 1.54) is 0 Å². The van der Waals surface area contributed by atoms with Gasteiger partial charge >= 0.3 is 11.9 Å². The molecule has 6 heteroatoms. The molecule has 4 saturated carbocycles. The zero-order valence-corrected chi connectivity index (χ0v) is 15.1. The van der Waals surface area contributed by atoms with E-state index in [9.17, 15) is 24.9 Å². The number of phenolic OH excluding ortho intramolecular Hbond substituents is 1. The van der Waals surface area contributed by atoms with Crippen molar-refractivity contribution in [2.45, 2.75) is 51.9 Å². The predicted molar refractivity (Wildman–Crippen MR) is 94.7 cm³/mol. The lowest BCUT2D eigenvalue weighted by Crippen LogP contribution is -2.66. The molecule has 140 valence electrons. The van der Waals surface area contributed by atoms with Crippen molar-refractivity contribution in [2.24, 2.45) is 21.7 Å². The Hall–Kier alpha value is -2.24. The van der Waals surface area contributed by atoms with Crippen LogP contribution in [0.15, 0.2) is 18.2 Å². The monoisotopic (exact) mass is 359 g/mol. The normalized spacial score (nSPS) is 43.4. The second kappa shape index (κ2) is 4.72. The van der Waals surface area contributed by atoms with Gasteiger partial charge in [0.1, 0.15) is 5.75 Å². The van der Waals surface area contributed by atoms with Gasteiger partial charge in [0.15, 0.2) is 0 Å². The highest BCUT2D eigenvalue weighted by atomic mass is 16.4. The van der Waals surface area contributed by atoms with Crippen LogP contribution in [-0.2, 0) is 9.59 Å². The van der Waals surface area contributed by atoms with Crippen molar-refractivity contribution in [3.63, 3.8) is 0 Å². The Labute approximate surface area is 152 Å². The molecule has 0 amide bonds. The predicted octanol–water partition coefficient (Wildman–Crippen LogP) is 3.20. The minimum Gasteiger partial charge on any atom is -0.506 e. The lowest BCUT2D eigenvalue weighted by molar-refractivity contribution is -0.224. The Morgan fingerprint density at radius 3 is 1.81 bits per heavy atom. The lowest BCUT2D eigenvalue weighted by Gasteiger charge is -2.70. The molecule has 4 fully saturated rings. The zero-order chi connectivity index (χ0) is 19.1. The molecular weight excluding hydrogens is 334 g/mol. The van der Waals surface area contributed by atoms with Gasteiger partial charge in [-0.2, -0.15) is 0 Å². The fraction of sp³-hybridized carbons (Fsp3) is 0.600. The molecule has 0 saturated heterocycles. The van der Waals surface area contributed by atoms with E-state index in [0.29, 0.717) is 31.4 Å². The second-order valence-corrected chi connectivity index (χ2v) is 9.61. The number of aliphatic carboxylic acids is 2. The first-order valence-corrected chi connectivity index (χ1v) is 9.01. The van der Waals surface area contributed by atoms with Crippen LogP contribution in [0.2, 0.25) is 0 Å². The SMILES string of the molecule is CC12CC3(C(=O)O)CC(C(=O)O)(C1)CC(C)(C3)C2c1ccc(O)c(N)c1. The number of benzene rings is 1. The number of carboxylic acid groups (broad SMARTS) is 2. The van der Waals surface area contributed by atoms with Crippen LogP contribution in [0.25, 0.3) is 0 Å². The van der Waals surface area contributed by atoms with Crippen LogP contribution < -0.4 is 5.73 Å². The summed E-state index contributed by atoms with van der Waals surface area (Å²) < 4.78 is 0. The molecule has 4 aliphatic rings. The van der Waals surface area contributed by atoms with Gasteiger partial charge < -0.3 is 21.1 Å². The first-order chi connectivity index (χ1) is 12.0. The van der Waals surface area contributed by atoms with Crippen LogP contribution in [0, 0.1) is 21.7 Å². The molecule has 0 spiro atoms. The molecule has 1 aromatic rings. The van der Waals surface area contributed by atoms with Gasteiger partial charge in [-0.1, -0.05) is 19.9 Å². The van der Waals surface area contributed by atoms with E-state index < -0.39 is 33.6 Å². The van der Waals surface area contributed by atoms with Crippen LogP contribution in [0.5, 0.6) is 5.75 Å². The topological polar surface area (TPSA) is 121 Å². The number of carboxylic acids is 2. The second-order valence-electron chi connectivity index (χ2n) is 9.61. The van der Waals surface area contributed by atoms with Crippen LogP contribution in [0.4, 0.5) is 5.69 Å². The summed E-state index contributed by atoms with van der Waals surface area (Å²) in [7, 11) is 0. The molecule has 1 aromatic carbocycles. The molecule has 4 bridgehead atoms. The number of nitrogen functional groups attached to an aromatic ring is 1. The van der Waals surface area contributed by atoms with Crippen LogP contribution >= 0.6 is 0 Å². The Bertz CT molecular complexity index is 775. The average Bonchev–Trinajstić information content (AvgIpc) is 2.47. The third-order valence-electron chi connectivity index (χ3n) is 7.33. The highest BCUT2D eigenvalue weighted by Gasteiger charge is 2.73. The Morgan fingerprint density at radius 2 is 1.42 bits per heavy atom. The summed E-state index contributed by atoms with van der Waals surface area (Å²) >= 11 is 0. The quantitative estimate of drug-likeness (QED) is 0.486. The summed E-state index contributed by atoms with van der Waals surface area (Å²) in [5, 5.41) is 29.8. The van der Waals surface area contributed by atoms with E-state index in [4.69, 9.17) is 5.73 Å². The van der Waals surface area contributed by atoms with Gasteiger partial charge in [-0.3, -0.25) is 9.59 Å². The summed E-state index contributed by atoms with van der Waals surface area (Å²) in [6, 6.07) is 5.18.